The number of halogens is 1. The van der Waals surface area contributed by atoms with Gasteiger partial charge in [-0.1, -0.05) is 0 Å². The van der Waals surface area contributed by atoms with Crippen molar-refractivity contribution >= 4 is 22.5 Å². The van der Waals surface area contributed by atoms with Gasteiger partial charge in [-0.25, -0.2) is 0 Å². The minimum absolute atomic E-state index is 0.0187. The van der Waals surface area contributed by atoms with Crippen molar-refractivity contribution in [3.8, 4) is 11.8 Å². The summed E-state index contributed by atoms with van der Waals surface area (Å²) in [6, 6.07) is 3.91. The normalized spacial score (nSPS) is 9.31. The van der Waals surface area contributed by atoms with Crippen molar-refractivity contribution < 1.29 is 14.5 Å². The Labute approximate surface area is 95.2 Å². The van der Waals surface area contributed by atoms with Crippen LogP contribution in [-0.2, 0) is 0 Å². The van der Waals surface area contributed by atoms with Gasteiger partial charge >= 0.3 is 0 Å². The molecule has 7 heteroatoms. The average molecular weight is 241 g/mol. The van der Waals surface area contributed by atoms with E-state index in [1.807, 2.05) is 0 Å². The predicted molar refractivity (Wildman–Crippen MR) is 54.5 cm³/mol. The van der Waals surface area contributed by atoms with Crippen LogP contribution in [0.25, 0.3) is 0 Å². The first-order chi connectivity index (χ1) is 7.51. The summed E-state index contributed by atoms with van der Waals surface area (Å²) in [6.07, 6.45) is 0. The van der Waals surface area contributed by atoms with Gasteiger partial charge in [-0.2, -0.15) is 5.26 Å². The molecule has 1 aromatic rings. The van der Waals surface area contributed by atoms with Crippen molar-refractivity contribution in [3.63, 3.8) is 0 Å². The third-order valence-electron chi connectivity index (χ3n) is 1.82. The van der Waals surface area contributed by atoms with Crippen LogP contribution in [0.3, 0.4) is 0 Å². The van der Waals surface area contributed by atoms with Crippen LogP contribution in [0.1, 0.15) is 15.9 Å². The molecule has 0 radical (unpaired) electrons. The third-order valence-corrected chi connectivity index (χ3v) is 2.01. The summed E-state index contributed by atoms with van der Waals surface area (Å²) in [7, 11) is 1.23. The van der Waals surface area contributed by atoms with Gasteiger partial charge in [-0.3, -0.25) is 14.9 Å². The number of benzene rings is 1. The summed E-state index contributed by atoms with van der Waals surface area (Å²) in [5.74, 6) is -0.0919. The van der Waals surface area contributed by atoms with Gasteiger partial charge in [0.05, 0.1) is 23.7 Å². The minimum atomic E-state index is -1.01. The topological polar surface area (TPSA) is 93.2 Å². The average Bonchev–Trinajstić information content (AvgIpc) is 2.26. The molecule has 0 atom stereocenters. The van der Waals surface area contributed by atoms with E-state index >= 15 is 0 Å². The maximum atomic E-state index is 11.0. The lowest BCUT2D eigenvalue weighted by Crippen LogP contribution is -2.02. The molecule has 82 valence electrons. The Morgan fingerprint density at radius 2 is 2.25 bits per heavy atom. The molecule has 0 aliphatic rings. The fraction of sp³-hybridized carbons (Fsp3) is 0.111. The second kappa shape index (κ2) is 4.59. The second-order valence-corrected chi connectivity index (χ2v) is 3.06. The van der Waals surface area contributed by atoms with E-state index in [0.717, 1.165) is 6.07 Å². The molecule has 0 saturated carbocycles. The Hall–Kier alpha value is -2.13. The number of hydrogen-bond donors (Lipinski definition) is 0. The van der Waals surface area contributed by atoms with Gasteiger partial charge in [-0.15, -0.1) is 0 Å². The zero-order valence-electron chi connectivity index (χ0n) is 8.06. The summed E-state index contributed by atoms with van der Waals surface area (Å²) < 4.78 is 4.78. The van der Waals surface area contributed by atoms with Crippen molar-refractivity contribution in [1.29, 1.82) is 5.26 Å². The number of nitro groups is 1. The molecule has 0 N–H and O–H groups in total. The van der Waals surface area contributed by atoms with Crippen molar-refractivity contribution in [1.82, 2.24) is 0 Å². The Morgan fingerprint density at radius 1 is 1.62 bits per heavy atom. The molecular weight excluding hydrogens is 236 g/mol. The standard InChI is InChI=1S/C9H5ClN2O4/c1-16-7-3-5(4-11)2-6(12(14)15)8(7)9(10)13/h2-3H,1H3. The molecule has 0 saturated heterocycles. The zero-order chi connectivity index (χ0) is 12.3. The van der Waals surface area contributed by atoms with Gasteiger partial charge in [0.2, 0.25) is 0 Å². The first-order valence-corrected chi connectivity index (χ1v) is 4.35. The van der Waals surface area contributed by atoms with E-state index in [2.05, 4.69) is 0 Å². The Bertz CT molecular complexity index is 507. The molecule has 16 heavy (non-hydrogen) atoms. The Balaban J connectivity index is 3.62. The van der Waals surface area contributed by atoms with Crippen molar-refractivity contribution in [2.75, 3.05) is 7.11 Å². The molecule has 1 aromatic carbocycles. The maximum Gasteiger partial charge on any atom is 0.286 e. The first kappa shape index (κ1) is 11.9. The van der Waals surface area contributed by atoms with Crippen molar-refractivity contribution in [2.24, 2.45) is 0 Å². The van der Waals surface area contributed by atoms with E-state index < -0.39 is 15.9 Å². The highest BCUT2D eigenvalue weighted by molar-refractivity contribution is 6.68. The quantitative estimate of drug-likeness (QED) is 0.457. The lowest BCUT2D eigenvalue weighted by molar-refractivity contribution is -0.385. The van der Waals surface area contributed by atoms with Gasteiger partial charge in [0.1, 0.15) is 5.75 Å². The van der Waals surface area contributed by atoms with Crippen molar-refractivity contribution in [2.45, 2.75) is 0 Å². The number of ether oxygens (including phenoxy) is 1. The van der Waals surface area contributed by atoms with E-state index in [1.54, 1.807) is 6.07 Å². The van der Waals surface area contributed by atoms with E-state index in [0.29, 0.717) is 0 Å². The lowest BCUT2D eigenvalue weighted by atomic mass is 10.1. The molecule has 0 amide bonds. The zero-order valence-corrected chi connectivity index (χ0v) is 8.82. The molecule has 0 fully saturated rings. The third kappa shape index (κ3) is 2.10. The van der Waals surface area contributed by atoms with Crippen LogP contribution in [0.5, 0.6) is 5.75 Å². The van der Waals surface area contributed by atoms with Gasteiger partial charge in [-0.05, 0) is 17.7 Å². The van der Waals surface area contributed by atoms with Crippen LogP contribution in [0.4, 0.5) is 5.69 Å². The number of methoxy groups -OCH3 is 1. The smallest absolute Gasteiger partial charge is 0.286 e. The van der Waals surface area contributed by atoms with Crippen LogP contribution in [0.15, 0.2) is 12.1 Å². The monoisotopic (exact) mass is 240 g/mol. The molecule has 6 nitrogen and oxygen atoms in total. The van der Waals surface area contributed by atoms with Gasteiger partial charge in [0.15, 0.2) is 5.56 Å². The molecule has 0 aromatic heterocycles. The highest BCUT2D eigenvalue weighted by atomic mass is 35.5. The van der Waals surface area contributed by atoms with Crippen LogP contribution >= 0.6 is 11.6 Å². The van der Waals surface area contributed by atoms with Crippen molar-refractivity contribution in [3.05, 3.63) is 33.4 Å². The maximum absolute atomic E-state index is 11.0. The van der Waals surface area contributed by atoms with Crippen LogP contribution in [-0.4, -0.2) is 17.3 Å². The Kier molecular flexibility index (Phi) is 3.43. The van der Waals surface area contributed by atoms with E-state index in [4.69, 9.17) is 21.6 Å². The van der Waals surface area contributed by atoms with E-state index in [1.165, 1.54) is 13.2 Å². The predicted octanol–water partition coefficient (Wildman–Crippen LogP) is 1.85. The van der Waals surface area contributed by atoms with E-state index in [-0.39, 0.29) is 16.9 Å². The van der Waals surface area contributed by atoms with Crippen LogP contribution in [0, 0.1) is 21.4 Å². The first-order valence-electron chi connectivity index (χ1n) is 3.97. The fourth-order valence-corrected chi connectivity index (χ4v) is 1.36. The summed E-state index contributed by atoms with van der Waals surface area (Å²) in [6.45, 7) is 0. The molecule has 1 rings (SSSR count). The van der Waals surface area contributed by atoms with E-state index in [9.17, 15) is 14.9 Å². The molecule has 0 aliphatic heterocycles. The number of carbonyl (C=O) groups is 1. The number of nitro benzene ring substituents is 1. The van der Waals surface area contributed by atoms with Crippen LogP contribution < -0.4 is 4.74 Å². The van der Waals surface area contributed by atoms with Gasteiger partial charge in [0, 0.05) is 6.07 Å². The number of hydrogen-bond acceptors (Lipinski definition) is 5. The highest BCUT2D eigenvalue weighted by Gasteiger charge is 2.25. The molecule has 0 spiro atoms. The SMILES string of the molecule is COc1cc(C#N)cc([N+](=O)[O-])c1C(=O)Cl. The molecule has 0 unspecified atom stereocenters. The second-order valence-electron chi connectivity index (χ2n) is 2.72. The summed E-state index contributed by atoms with van der Waals surface area (Å²) in [4.78, 5) is 20.9. The highest BCUT2D eigenvalue weighted by Crippen LogP contribution is 2.31. The number of carbonyl (C=O) groups excluding carboxylic acids is 1. The van der Waals surface area contributed by atoms with Gasteiger partial charge in [0.25, 0.3) is 10.9 Å². The number of nitrogens with zero attached hydrogens (tertiary/aromatic N) is 2. The Morgan fingerprint density at radius 3 is 2.62 bits per heavy atom. The number of nitriles is 1. The number of rotatable bonds is 3. The molecule has 0 heterocycles. The fourth-order valence-electron chi connectivity index (χ4n) is 1.17. The summed E-state index contributed by atoms with van der Waals surface area (Å²) in [5, 5.41) is 18.3. The largest absolute Gasteiger partial charge is 0.496 e. The molecule has 0 bridgehead atoms. The minimum Gasteiger partial charge on any atom is -0.496 e. The lowest BCUT2D eigenvalue weighted by Gasteiger charge is -2.05. The summed E-state index contributed by atoms with van der Waals surface area (Å²) >= 11 is 5.23. The van der Waals surface area contributed by atoms with Crippen LogP contribution in [0.2, 0.25) is 0 Å². The summed E-state index contributed by atoms with van der Waals surface area (Å²) in [5.41, 5.74) is -0.880. The molecular formula is C9H5ClN2O4. The molecule has 0 aliphatic carbocycles. The van der Waals surface area contributed by atoms with Gasteiger partial charge < -0.3 is 4.74 Å².